The van der Waals surface area contributed by atoms with Crippen molar-refractivity contribution in [1.29, 1.82) is 0 Å². The number of rotatable bonds is 7. The van der Waals surface area contributed by atoms with Gasteiger partial charge in [0.2, 0.25) is 5.91 Å². The molecule has 4 N–H and O–H groups in total. The molecule has 2 atom stereocenters. The number of carbonyl (C=O) groups is 1. The van der Waals surface area contributed by atoms with Gasteiger partial charge in [-0.1, -0.05) is 24.3 Å². The highest BCUT2D eigenvalue weighted by Gasteiger charge is 2.12. The molecule has 106 valence electrons. The van der Waals surface area contributed by atoms with E-state index in [1.54, 1.807) is 18.7 Å². The molecular weight excluding hydrogens is 260 g/mol. The van der Waals surface area contributed by atoms with Gasteiger partial charge < -0.3 is 16.2 Å². The highest BCUT2D eigenvalue weighted by Crippen LogP contribution is 2.12. The minimum atomic E-state index is -0.469. The smallest absolute Gasteiger partial charge is 0.237 e. The van der Waals surface area contributed by atoms with E-state index < -0.39 is 12.1 Å². The lowest BCUT2D eigenvalue weighted by atomic mass is 10.1. The van der Waals surface area contributed by atoms with E-state index in [9.17, 15) is 9.90 Å². The van der Waals surface area contributed by atoms with Crippen LogP contribution >= 0.6 is 11.8 Å². The van der Waals surface area contributed by atoms with Crippen LogP contribution in [-0.4, -0.2) is 29.1 Å². The molecule has 4 nitrogen and oxygen atoms in total. The Morgan fingerprint density at radius 2 is 2.05 bits per heavy atom. The van der Waals surface area contributed by atoms with E-state index in [0.29, 0.717) is 13.0 Å². The molecule has 0 aromatic heterocycles. The quantitative estimate of drug-likeness (QED) is 0.707. The third-order valence-electron chi connectivity index (χ3n) is 2.90. The van der Waals surface area contributed by atoms with Crippen LogP contribution in [0.25, 0.3) is 0 Å². The Bertz CT molecular complexity index is 393. The Labute approximate surface area is 118 Å². The van der Waals surface area contributed by atoms with Crippen LogP contribution < -0.4 is 11.1 Å². The predicted octanol–water partition coefficient (Wildman–Crippen LogP) is 1.44. The van der Waals surface area contributed by atoms with Gasteiger partial charge in [-0.3, -0.25) is 4.79 Å². The van der Waals surface area contributed by atoms with Crippen LogP contribution in [0.5, 0.6) is 0 Å². The van der Waals surface area contributed by atoms with Crippen LogP contribution in [0.15, 0.2) is 24.3 Å². The van der Waals surface area contributed by atoms with Gasteiger partial charge in [-0.2, -0.15) is 11.8 Å². The van der Waals surface area contributed by atoms with Crippen molar-refractivity contribution in [3.05, 3.63) is 35.4 Å². The molecule has 0 aliphatic carbocycles. The van der Waals surface area contributed by atoms with Crippen LogP contribution in [0.4, 0.5) is 0 Å². The van der Waals surface area contributed by atoms with E-state index in [1.165, 1.54) is 0 Å². The van der Waals surface area contributed by atoms with Gasteiger partial charge in [0.05, 0.1) is 12.1 Å². The predicted molar refractivity (Wildman–Crippen MR) is 79.9 cm³/mol. The van der Waals surface area contributed by atoms with Gasteiger partial charge in [-0.15, -0.1) is 0 Å². The number of aliphatic hydroxyl groups excluding tert-OH is 1. The van der Waals surface area contributed by atoms with Crippen molar-refractivity contribution in [3.63, 3.8) is 0 Å². The standard InChI is InChI=1S/C14H22N2O2S/c1-10(17)12-5-3-11(4-6-12)9-16-14(18)13(15)7-8-19-2/h3-6,10,13,17H,7-9,15H2,1-2H3,(H,16,18)/t10?,13-/m0/s1. The molecule has 0 saturated carbocycles. The van der Waals surface area contributed by atoms with Crippen molar-refractivity contribution < 1.29 is 9.90 Å². The van der Waals surface area contributed by atoms with E-state index >= 15 is 0 Å². The fourth-order valence-electron chi connectivity index (χ4n) is 1.61. The lowest BCUT2D eigenvalue weighted by molar-refractivity contribution is -0.122. The summed E-state index contributed by atoms with van der Waals surface area (Å²) in [6.45, 7) is 2.19. The lowest BCUT2D eigenvalue weighted by Gasteiger charge is -2.12. The Morgan fingerprint density at radius 3 is 2.58 bits per heavy atom. The Kier molecular flexibility index (Phi) is 6.91. The molecule has 0 aliphatic heterocycles. The van der Waals surface area contributed by atoms with Gasteiger partial charge >= 0.3 is 0 Å². The summed E-state index contributed by atoms with van der Waals surface area (Å²) in [5.41, 5.74) is 7.64. The Morgan fingerprint density at radius 1 is 1.42 bits per heavy atom. The number of nitrogens with one attached hydrogen (secondary N) is 1. The maximum atomic E-state index is 11.7. The van der Waals surface area contributed by atoms with Gasteiger partial charge in [-0.25, -0.2) is 0 Å². The molecular formula is C14H22N2O2S. The normalized spacial score (nSPS) is 13.9. The summed E-state index contributed by atoms with van der Waals surface area (Å²) < 4.78 is 0. The summed E-state index contributed by atoms with van der Waals surface area (Å²) in [5.74, 6) is 0.770. The first-order valence-corrected chi connectivity index (χ1v) is 7.73. The fraction of sp³-hybridized carbons (Fsp3) is 0.500. The van der Waals surface area contributed by atoms with E-state index in [-0.39, 0.29) is 5.91 Å². The van der Waals surface area contributed by atoms with E-state index in [2.05, 4.69) is 5.32 Å². The molecule has 0 aliphatic rings. The zero-order chi connectivity index (χ0) is 14.3. The molecule has 0 fully saturated rings. The van der Waals surface area contributed by atoms with Crippen LogP contribution in [0.1, 0.15) is 30.6 Å². The van der Waals surface area contributed by atoms with Crippen molar-refractivity contribution in [2.45, 2.75) is 32.0 Å². The number of thioether (sulfide) groups is 1. The molecule has 1 unspecified atom stereocenters. The number of aliphatic hydroxyl groups is 1. The second-order valence-electron chi connectivity index (χ2n) is 4.52. The summed E-state index contributed by atoms with van der Waals surface area (Å²) in [4.78, 5) is 11.7. The van der Waals surface area contributed by atoms with Crippen molar-refractivity contribution in [3.8, 4) is 0 Å². The van der Waals surface area contributed by atoms with Gasteiger partial charge in [0.1, 0.15) is 0 Å². The largest absolute Gasteiger partial charge is 0.389 e. The zero-order valence-electron chi connectivity index (χ0n) is 11.4. The number of carbonyl (C=O) groups excluding carboxylic acids is 1. The first kappa shape index (κ1) is 16.0. The molecule has 0 spiro atoms. The van der Waals surface area contributed by atoms with Crippen molar-refractivity contribution in [2.75, 3.05) is 12.0 Å². The molecule has 19 heavy (non-hydrogen) atoms. The van der Waals surface area contributed by atoms with Crippen molar-refractivity contribution >= 4 is 17.7 Å². The zero-order valence-corrected chi connectivity index (χ0v) is 12.2. The highest BCUT2D eigenvalue weighted by molar-refractivity contribution is 7.98. The molecule has 5 heteroatoms. The summed E-state index contributed by atoms with van der Waals surface area (Å²) in [7, 11) is 0. The fourth-order valence-corrected chi connectivity index (χ4v) is 2.10. The summed E-state index contributed by atoms with van der Waals surface area (Å²) in [6.07, 6.45) is 2.21. The number of benzene rings is 1. The molecule has 0 radical (unpaired) electrons. The molecule has 1 aromatic carbocycles. The second-order valence-corrected chi connectivity index (χ2v) is 5.51. The maximum absolute atomic E-state index is 11.7. The van der Waals surface area contributed by atoms with Crippen LogP contribution in [0, 0.1) is 0 Å². The first-order valence-electron chi connectivity index (χ1n) is 6.33. The monoisotopic (exact) mass is 282 g/mol. The minimum Gasteiger partial charge on any atom is -0.389 e. The Hall–Kier alpha value is -1.04. The topological polar surface area (TPSA) is 75.4 Å². The maximum Gasteiger partial charge on any atom is 0.237 e. The lowest BCUT2D eigenvalue weighted by Crippen LogP contribution is -2.40. The van der Waals surface area contributed by atoms with E-state index in [4.69, 9.17) is 5.73 Å². The van der Waals surface area contributed by atoms with Gasteiger partial charge in [0.15, 0.2) is 0 Å². The number of hydrogen-bond acceptors (Lipinski definition) is 4. The van der Waals surface area contributed by atoms with Crippen molar-refractivity contribution in [1.82, 2.24) is 5.32 Å². The van der Waals surface area contributed by atoms with Gasteiger partial charge in [-0.05, 0) is 36.5 Å². The third-order valence-corrected chi connectivity index (χ3v) is 3.54. The summed E-state index contributed by atoms with van der Waals surface area (Å²) in [5, 5.41) is 12.2. The molecule has 1 rings (SSSR count). The third kappa shape index (κ3) is 5.63. The molecule has 1 aromatic rings. The van der Waals surface area contributed by atoms with E-state index in [1.807, 2.05) is 30.5 Å². The summed E-state index contributed by atoms with van der Waals surface area (Å²) >= 11 is 1.68. The SMILES string of the molecule is CSCC[C@H](N)C(=O)NCc1ccc(C(C)O)cc1. The first-order chi connectivity index (χ1) is 9.04. The van der Waals surface area contributed by atoms with Gasteiger partial charge in [0.25, 0.3) is 0 Å². The minimum absolute atomic E-state index is 0.117. The Balaban J connectivity index is 2.41. The van der Waals surface area contributed by atoms with Crippen LogP contribution in [0.2, 0.25) is 0 Å². The molecule has 0 heterocycles. The number of nitrogens with two attached hydrogens (primary N) is 1. The summed E-state index contributed by atoms with van der Waals surface area (Å²) in [6, 6.07) is 7.08. The van der Waals surface area contributed by atoms with E-state index in [0.717, 1.165) is 16.9 Å². The molecule has 1 amide bonds. The molecule has 0 saturated heterocycles. The number of amides is 1. The average Bonchev–Trinajstić information content (AvgIpc) is 2.42. The van der Waals surface area contributed by atoms with Gasteiger partial charge in [0, 0.05) is 6.54 Å². The molecule has 0 bridgehead atoms. The van der Waals surface area contributed by atoms with Crippen molar-refractivity contribution in [2.24, 2.45) is 5.73 Å². The average molecular weight is 282 g/mol. The number of hydrogen-bond donors (Lipinski definition) is 3. The second kappa shape index (κ2) is 8.19. The van der Waals surface area contributed by atoms with Crippen LogP contribution in [0.3, 0.4) is 0 Å². The van der Waals surface area contributed by atoms with Crippen LogP contribution in [-0.2, 0) is 11.3 Å². The highest BCUT2D eigenvalue weighted by atomic mass is 32.2.